The first kappa shape index (κ1) is 39.3. The van der Waals surface area contributed by atoms with E-state index in [1.54, 1.807) is 0 Å². The summed E-state index contributed by atoms with van der Waals surface area (Å²) in [6.07, 6.45) is 0. The average molecular weight is 63.8 g/mol. The molecule has 0 aliphatic rings. The summed E-state index contributed by atoms with van der Waals surface area (Å²) in [6.45, 7) is 1.50. The summed E-state index contributed by atoms with van der Waals surface area (Å²) in [5, 5.41) is 0. The van der Waals surface area contributed by atoms with E-state index in [9.17, 15) is 0 Å². The van der Waals surface area contributed by atoms with Crippen molar-refractivity contribution in [3.05, 3.63) is 0 Å². The van der Waals surface area contributed by atoms with Gasteiger partial charge in [0.2, 0.25) is 0 Å². The molecule has 0 N–H and O–H groups in total. The third-order valence-electron chi connectivity index (χ3n) is 0. The maximum atomic E-state index is 4.50. The van der Waals surface area contributed by atoms with Gasteiger partial charge in [-0.05, 0) is 0 Å². The predicted octanol–water partition coefficient (Wildman–Crippen LogP) is -5.79. The second-order valence-electron chi connectivity index (χ2n) is 0. The third kappa shape index (κ3) is 292. The molecule has 3 heteroatoms. The van der Waals surface area contributed by atoms with Crippen molar-refractivity contribution in [1.82, 2.24) is 0 Å². The van der Waals surface area contributed by atoms with Crippen LogP contribution in [0.4, 0.5) is 0 Å². The van der Waals surface area contributed by atoms with Crippen molar-refractivity contribution in [1.29, 1.82) is 0 Å². The van der Waals surface area contributed by atoms with Gasteiger partial charge in [-0.15, -0.1) is 0 Å². The van der Waals surface area contributed by atoms with Gasteiger partial charge in [0, 0.05) is 0 Å². The summed E-state index contributed by atoms with van der Waals surface area (Å²) >= 11 is 0. The van der Waals surface area contributed by atoms with Crippen molar-refractivity contribution < 1.29 is 9.41 Å². The summed E-state index contributed by atoms with van der Waals surface area (Å²) in [5.41, 5.74) is 0. The second kappa shape index (κ2) is 1920. The Balaban J connectivity index is -0.00000000500. The van der Waals surface area contributed by atoms with Crippen LogP contribution in [0.15, 0.2) is 0 Å². The van der Waals surface area contributed by atoms with Gasteiger partial charge in [0.1, 0.15) is 0 Å². The molecule has 0 bridgehead atoms. The van der Waals surface area contributed by atoms with Gasteiger partial charge in [-0.2, -0.15) is 0 Å². The molecule has 0 saturated heterocycles. The molecular weight excluding hydrogens is 60.8 g/mol. The molecule has 0 nitrogen and oxygen atoms in total. The van der Waals surface area contributed by atoms with Crippen molar-refractivity contribution >= 4 is 7.85 Å². The molecule has 0 aromatic rings. The number of rotatable bonds is 0. The Morgan fingerprint density at radius 3 is 1.00 bits per heavy atom. The monoisotopic (exact) mass is 64.0 g/mol. The molecule has 0 radical (unpaired) electrons. The SMILES string of the molecule is [B+2]C.[F-].[F-]. The Morgan fingerprint density at radius 1 is 1.00 bits per heavy atom. The van der Waals surface area contributed by atoms with E-state index in [-0.39, 0.29) is 9.41 Å². The Morgan fingerprint density at radius 2 is 1.00 bits per heavy atom. The van der Waals surface area contributed by atoms with Crippen LogP contribution in [0.2, 0.25) is 6.82 Å². The standard InChI is InChI=1S/CH3B.2FH/c1-2;;/h1H3;2*1H/q+2;;/p-2. The Kier molecular flexibility index (Phi) is 18900. The van der Waals surface area contributed by atoms with Gasteiger partial charge in [0.15, 0.2) is 0 Å². The van der Waals surface area contributed by atoms with E-state index < -0.39 is 0 Å². The molecule has 0 heterocycles. The molecule has 0 aliphatic carbocycles. The number of hydrogen-bond donors (Lipinski definition) is 0. The van der Waals surface area contributed by atoms with Crippen molar-refractivity contribution in [2.24, 2.45) is 0 Å². The van der Waals surface area contributed by atoms with Gasteiger partial charge >= 0.3 is 14.7 Å². The molecule has 0 aliphatic heterocycles. The molecule has 0 spiro atoms. The van der Waals surface area contributed by atoms with Crippen LogP contribution in [0.5, 0.6) is 0 Å². The summed E-state index contributed by atoms with van der Waals surface area (Å²) in [7, 11) is 4.50. The molecule has 0 atom stereocenters. The molecule has 4 heavy (non-hydrogen) atoms. The van der Waals surface area contributed by atoms with Crippen LogP contribution in [0.3, 0.4) is 0 Å². The van der Waals surface area contributed by atoms with Gasteiger partial charge in [-0.1, -0.05) is 0 Å². The average Bonchev–Trinajstić information content (AvgIpc) is 1.00. The van der Waals surface area contributed by atoms with Gasteiger partial charge in [0.25, 0.3) is 0 Å². The predicted molar refractivity (Wildman–Crippen MR) is 11.6 cm³/mol. The van der Waals surface area contributed by atoms with E-state index >= 15 is 0 Å². The van der Waals surface area contributed by atoms with E-state index in [1.165, 1.54) is 6.82 Å². The zero-order valence-electron chi connectivity index (χ0n) is 2.33. The zero-order valence-corrected chi connectivity index (χ0v) is 2.33. The number of halogens is 2. The largest absolute Gasteiger partial charge is 1.00 e. The summed E-state index contributed by atoms with van der Waals surface area (Å²) in [5.74, 6) is 0. The minimum absolute atomic E-state index is 0. The van der Waals surface area contributed by atoms with E-state index in [0.717, 1.165) is 0 Å². The molecule has 0 rings (SSSR count). The Labute approximate surface area is 25.3 Å². The minimum Gasteiger partial charge on any atom is -1.00 e. The fourth-order valence-electron chi connectivity index (χ4n) is 0. The van der Waals surface area contributed by atoms with Crippen LogP contribution < -0.4 is 9.41 Å². The van der Waals surface area contributed by atoms with E-state index in [4.69, 9.17) is 0 Å². The smallest absolute Gasteiger partial charge is 1.00 e. The van der Waals surface area contributed by atoms with E-state index in [2.05, 4.69) is 7.85 Å². The normalized spacial score (nSPS) is 1.75. The fraction of sp³-hybridized carbons (Fsp3) is 1.00. The molecule has 0 amide bonds. The van der Waals surface area contributed by atoms with Crippen LogP contribution in [0, 0.1) is 0 Å². The van der Waals surface area contributed by atoms with Gasteiger partial charge in [-0.3, -0.25) is 0 Å². The first-order valence-electron chi connectivity index (χ1n) is 0.577. The molecule has 0 aromatic heterocycles. The van der Waals surface area contributed by atoms with Gasteiger partial charge in [0.05, 0.1) is 0 Å². The van der Waals surface area contributed by atoms with E-state index in [0.29, 0.717) is 0 Å². The molecule has 0 unspecified atom stereocenters. The topological polar surface area (TPSA) is 0 Å². The Hall–Kier alpha value is -0.0751. The first-order chi connectivity index (χ1) is 1.00. The quantitative estimate of drug-likeness (QED) is 0.246. The molecule has 0 aromatic carbocycles. The third-order valence-corrected chi connectivity index (χ3v) is 0. The molecular formula is CH3BF2. The van der Waals surface area contributed by atoms with Crippen LogP contribution in [0.1, 0.15) is 0 Å². The summed E-state index contributed by atoms with van der Waals surface area (Å²) in [6, 6.07) is 0. The van der Waals surface area contributed by atoms with Crippen LogP contribution in [-0.4, -0.2) is 7.85 Å². The Bertz CT molecular complexity index is 6.00. The van der Waals surface area contributed by atoms with Crippen molar-refractivity contribution in [3.8, 4) is 0 Å². The van der Waals surface area contributed by atoms with Crippen molar-refractivity contribution in [3.63, 3.8) is 0 Å². The maximum absolute atomic E-state index is 4.50. The number of hydrogen-bond acceptors (Lipinski definition) is 0. The fourth-order valence-corrected chi connectivity index (χ4v) is 0. The molecule has 0 saturated carbocycles. The molecule has 24 valence electrons. The zero-order chi connectivity index (χ0) is 2.00. The van der Waals surface area contributed by atoms with Crippen molar-refractivity contribution in [2.75, 3.05) is 0 Å². The van der Waals surface area contributed by atoms with Crippen LogP contribution in [0.25, 0.3) is 0 Å². The first-order valence-corrected chi connectivity index (χ1v) is 0.577. The van der Waals surface area contributed by atoms with Crippen LogP contribution in [-0.2, 0) is 0 Å². The second-order valence-corrected chi connectivity index (χ2v) is 0. The molecule has 0 fully saturated rings. The van der Waals surface area contributed by atoms with Crippen molar-refractivity contribution in [2.45, 2.75) is 6.82 Å². The van der Waals surface area contributed by atoms with Gasteiger partial charge < -0.3 is 9.41 Å². The maximum Gasteiger partial charge on any atom is -1.00 e. The minimum atomic E-state index is 0. The van der Waals surface area contributed by atoms with Gasteiger partial charge in [-0.25, -0.2) is 0 Å². The van der Waals surface area contributed by atoms with Crippen LogP contribution >= 0.6 is 0 Å². The summed E-state index contributed by atoms with van der Waals surface area (Å²) < 4.78 is 0. The summed E-state index contributed by atoms with van der Waals surface area (Å²) in [4.78, 5) is 0. The van der Waals surface area contributed by atoms with E-state index in [1.807, 2.05) is 0 Å².